The highest BCUT2D eigenvalue weighted by Gasteiger charge is 2.42. The van der Waals surface area contributed by atoms with Gasteiger partial charge in [0.05, 0.1) is 22.5 Å². The second kappa shape index (κ2) is 7.09. The van der Waals surface area contributed by atoms with E-state index in [0.717, 1.165) is 17.3 Å². The summed E-state index contributed by atoms with van der Waals surface area (Å²) in [6, 6.07) is 10.5. The Morgan fingerprint density at radius 2 is 2.11 bits per heavy atom. The average Bonchev–Trinajstić information content (AvgIpc) is 3.27. The van der Waals surface area contributed by atoms with Gasteiger partial charge < -0.3 is 4.42 Å². The first-order valence-corrected chi connectivity index (χ1v) is 11.6. The fraction of sp³-hybridized carbons (Fsp3) is 0.222. The Kier molecular flexibility index (Phi) is 4.92. The van der Waals surface area contributed by atoms with Crippen molar-refractivity contribution in [2.45, 2.75) is 12.5 Å². The van der Waals surface area contributed by atoms with Gasteiger partial charge in [0.2, 0.25) is 0 Å². The van der Waals surface area contributed by atoms with Crippen LogP contribution in [0, 0.1) is 0 Å². The Morgan fingerprint density at radius 1 is 1.30 bits per heavy atom. The largest absolute Gasteiger partial charge is 0.457 e. The molecule has 0 bridgehead atoms. The number of carbonyl (C=O) groups excluding carboxylic acids is 1. The van der Waals surface area contributed by atoms with E-state index in [4.69, 9.17) is 28.2 Å². The minimum atomic E-state index is -3.10. The zero-order chi connectivity index (χ0) is 19.2. The summed E-state index contributed by atoms with van der Waals surface area (Å²) < 4.78 is 29.6. The number of amides is 1. The number of sulfone groups is 1. The molecule has 2 aliphatic rings. The maximum absolute atomic E-state index is 12.7. The normalized spacial score (nSPS) is 23.5. The maximum atomic E-state index is 12.7. The highest BCUT2D eigenvalue weighted by Crippen LogP contribution is 2.37. The number of thiocarbonyl (C=S) groups is 1. The Hall–Kier alpha value is -1.61. The molecule has 0 radical (unpaired) electrons. The Morgan fingerprint density at radius 3 is 2.81 bits per heavy atom. The van der Waals surface area contributed by atoms with E-state index in [9.17, 15) is 13.2 Å². The molecule has 140 valence electrons. The highest BCUT2D eigenvalue weighted by molar-refractivity contribution is 8.26. The standard InChI is InChI=1S/C18H14ClNO4S3/c19-12-3-1-2-11(8-12)15-5-4-14(24-15)9-16-17(21)20(18(25)26-16)13-6-7-27(22,23)10-13/h1-5,8-9,13H,6-7,10H2/b16-9-. The van der Waals surface area contributed by atoms with E-state index in [2.05, 4.69) is 0 Å². The predicted octanol–water partition coefficient (Wildman–Crippen LogP) is 3.99. The molecule has 1 aromatic heterocycles. The molecule has 4 rings (SSSR count). The van der Waals surface area contributed by atoms with Crippen molar-refractivity contribution < 1.29 is 17.6 Å². The quantitative estimate of drug-likeness (QED) is 0.532. The van der Waals surface area contributed by atoms with Gasteiger partial charge in [-0.25, -0.2) is 8.42 Å². The third kappa shape index (κ3) is 3.85. The number of nitrogens with zero attached hydrogens (tertiary/aromatic N) is 1. The van der Waals surface area contributed by atoms with E-state index >= 15 is 0 Å². The summed E-state index contributed by atoms with van der Waals surface area (Å²) in [6.45, 7) is 0. The van der Waals surface area contributed by atoms with Crippen molar-refractivity contribution in [1.82, 2.24) is 4.90 Å². The number of thioether (sulfide) groups is 1. The first-order valence-electron chi connectivity index (χ1n) is 8.16. The minimum Gasteiger partial charge on any atom is -0.457 e. The average molecular weight is 440 g/mol. The third-order valence-electron chi connectivity index (χ3n) is 4.41. The molecular formula is C18H14ClNO4S3. The van der Waals surface area contributed by atoms with Gasteiger partial charge in [0.1, 0.15) is 15.8 Å². The molecular weight excluding hydrogens is 426 g/mol. The van der Waals surface area contributed by atoms with Crippen molar-refractivity contribution in [3.8, 4) is 11.3 Å². The third-order valence-corrected chi connectivity index (χ3v) is 7.72. The van der Waals surface area contributed by atoms with Crippen molar-refractivity contribution in [2.24, 2.45) is 0 Å². The summed E-state index contributed by atoms with van der Waals surface area (Å²) in [4.78, 5) is 14.6. The van der Waals surface area contributed by atoms with Crippen LogP contribution in [0.5, 0.6) is 0 Å². The Labute approximate surface area is 171 Å². The van der Waals surface area contributed by atoms with Crippen LogP contribution < -0.4 is 0 Å². The number of carbonyl (C=O) groups is 1. The topological polar surface area (TPSA) is 67.6 Å². The molecule has 0 N–H and O–H groups in total. The van der Waals surface area contributed by atoms with Crippen LogP contribution in [0.4, 0.5) is 0 Å². The fourth-order valence-electron chi connectivity index (χ4n) is 3.13. The van der Waals surface area contributed by atoms with Gasteiger partial charge in [-0.15, -0.1) is 0 Å². The van der Waals surface area contributed by atoms with E-state index in [1.54, 1.807) is 24.3 Å². The van der Waals surface area contributed by atoms with Crippen molar-refractivity contribution in [3.05, 3.63) is 52.1 Å². The van der Waals surface area contributed by atoms with Crippen molar-refractivity contribution >= 4 is 61.7 Å². The molecule has 5 nitrogen and oxygen atoms in total. The molecule has 9 heteroatoms. The second-order valence-electron chi connectivity index (χ2n) is 6.32. The molecule has 0 saturated carbocycles. The maximum Gasteiger partial charge on any atom is 0.266 e. The lowest BCUT2D eigenvalue weighted by Gasteiger charge is -2.20. The SMILES string of the molecule is O=C1/C(=C/c2ccc(-c3cccc(Cl)c3)o2)SC(=S)N1C1CCS(=O)(=O)C1. The number of hydrogen-bond donors (Lipinski definition) is 0. The first kappa shape index (κ1) is 18.7. The van der Waals surface area contributed by atoms with Gasteiger partial charge in [-0.3, -0.25) is 9.69 Å². The molecule has 27 heavy (non-hydrogen) atoms. The Bertz CT molecular complexity index is 1070. The summed E-state index contributed by atoms with van der Waals surface area (Å²) in [5, 5.41) is 0.609. The van der Waals surface area contributed by atoms with Crippen LogP contribution in [-0.4, -0.2) is 41.1 Å². The van der Waals surface area contributed by atoms with E-state index < -0.39 is 9.84 Å². The first-order chi connectivity index (χ1) is 12.8. The lowest BCUT2D eigenvalue weighted by atomic mass is 10.2. The molecule has 1 atom stereocenters. The van der Waals surface area contributed by atoms with Gasteiger partial charge in [-0.05, 0) is 30.7 Å². The monoisotopic (exact) mass is 439 g/mol. The molecule has 0 spiro atoms. The smallest absolute Gasteiger partial charge is 0.266 e. The molecule has 3 heterocycles. The Balaban J connectivity index is 1.57. The van der Waals surface area contributed by atoms with Gasteiger partial charge in [0.25, 0.3) is 5.91 Å². The van der Waals surface area contributed by atoms with Crippen LogP contribution in [0.1, 0.15) is 12.2 Å². The minimum absolute atomic E-state index is 0.0353. The number of halogens is 1. The van der Waals surface area contributed by atoms with Crippen LogP contribution in [0.2, 0.25) is 5.02 Å². The van der Waals surface area contributed by atoms with E-state index in [0.29, 0.717) is 32.2 Å². The molecule has 2 aromatic rings. The van der Waals surface area contributed by atoms with Gasteiger partial charge in [0.15, 0.2) is 9.84 Å². The van der Waals surface area contributed by atoms with Gasteiger partial charge in [-0.2, -0.15) is 0 Å². The van der Waals surface area contributed by atoms with Crippen LogP contribution in [0.25, 0.3) is 17.4 Å². The number of hydrogen-bond acceptors (Lipinski definition) is 6. The van der Waals surface area contributed by atoms with Crippen molar-refractivity contribution in [1.29, 1.82) is 0 Å². The van der Waals surface area contributed by atoms with Gasteiger partial charge in [0, 0.05) is 16.7 Å². The molecule has 2 fully saturated rings. The fourth-order valence-corrected chi connectivity index (χ4v) is 6.40. The molecule has 0 aliphatic carbocycles. The lowest BCUT2D eigenvalue weighted by Crippen LogP contribution is -2.39. The molecule has 1 aromatic carbocycles. The van der Waals surface area contributed by atoms with E-state index in [1.807, 2.05) is 18.2 Å². The predicted molar refractivity (Wildman–Crippen MR) is 111 cm³/mol. The summed E-state index contributed by atoms with van der Waals surface area (Å²) in [5.74, 6) is 0.944. The number of rotatable bonds is 3. The van der Waals surface area contributed by atoms with Crippen LogP contribution in [0.15, 0.2) is 45.7 Å². The van der Waals surface area contributed by atoms with Crippen LogP contribution in [-0.2, 0) is 14.6 Å². The van der Waals surface area contributed by atoms with Gasteiger partial charge >= 0.3 is 0 Å². The summed E-state index contributed by atoms with van der Waals surface area (Å²) in [6.07, 6.45) is 2.05. The van der Waals surface area contributed by atoms with Gasteiger partial charge in [-0.1, -0.05) is 47.7 Å². The molecule has 1 unspecified atom stereocenters. The number of benzene rings is 1. The van der Waals surface area contributed by atoms with E-state index in [-0.39, 0.29) is 23.5 Å². The zero-order valence-electron chi connectivity index (χ0n) is 13.9. The zero-order valence-corrected chi connectivity index (χ0v) is 17.1. The lowest BCUT2D eigenvalue weighted by molar-refractivity contribution is -0.123. The molecule has 2 saturated heterocycles. The van der Waals surface area contributed by atoms with Crippen LogP contribution >= 0.6 is 35.6 Å². The summed E-state index contributed by atoms with van der Waals surface area (Å²) >= 11 is 12.5. The molecule has 2 aliphatic heterocycles. The van der Waals surface area contributed by atoms with Crippen LogP contribution in [0.3, 0.4) is 0 Å². The number of furan rings is 1. The summed E-state index contributed by atoms with van der Waals surface area (Å²) in [7, 11) is -3.10. The van der Waals surface area contributed by atoms with Crippen molar-refractivity contribution in [2.75, 3.05) is 11.5 Å². The summed E-state index contributed by atoms with van der Waals surface area (Å²) in [5.41, 5.74) is 0.839. The highest BCUT2D eigenvalue weighted by atomic mass is 35.5. The van der Waals surface area contributed by atoms with Crippen molar-refractivity contribution in [3.63, 3.8) is 0 Å². The second-order valence-corrected chi connectivity index (χ2v) is 10.7. The molecule has 1 amide bonds. The van der Waals surface area contributed by atoms with E-state index in [1.165, 1.54) is 4.90 Å².